The highest BCUT2D eigenvalue weighted by molar-refractivity contribution is 6.48. The van der Waals surface area contributed by atoms with E-state index in [1.165, 1.54) is 101 Å². The molecule has 338 valence electrons. The number of fused-ring (bicyclic) bond motifs is 4. The van der Waals surface area contributed by atoms with Crippen molar-refractivity contribution < 1.29 is 8.96 Å². The molecule has 0 atom stereocenters. The minimum Gasteiger partial charge on any atom is -0.444 e. The Labute approximate surface area is 386 Å². The molecule has 0 saturated carbocycles. The lowest BCUT2D eigenvalue weighted by molar-refractivity contribution is -0.543. The molecule has 0 fully saturated rings. The van der Waals surface area contributed by atoms with Crippen molar-refractivity contribution in [3.05, 3.63) is 176 Å². The van der Waals surface area contributed by atoms with Gasteiger partial charge in [-0.25, -0.2) is 0 Å². The number of aromatic nitrogens is 6. The van der Waals surface area contributed by atoms with Crippen LogP contribution in [0.5, 0.6) is 0 Å². The predicted molar refractivity (Wildman–Crippen MR) is 274 cm³/mol. The van der Waals surface area contributed by atoms with Crippen LogP contribution in [-0.4, -0.2) is 60.3 Å². The summed E-state index contributed by atoms with van der Waals surface area (Å²) in [5, 5.41) is 0. The van der Waals surface area contributed by atoms with Crippen molar-refractivity contribution in [2.75, 3.05) is 38.0 Å². The standard InChI is InChI=1S/2C24H35BN4.C6H6/c2*1-9-21-16(3)23-15-24-17(4)22(10-2)19(6)29(24)25(28(23)18(21)5)27-13-11-20(12-14-27)26(7)8;1-2-4-6-5-3-1/h2*11-14,25H,9-10,15H2,1-8H3;1-6H. The monoisotopic (exact) mass is 859 g/mol. The summed E-state index contributed by atoms with van der Waals surface area (Å²) in [5.74, 6) is 0. The molecule has 0 saturated heterocycles. The summed E-state index contributed by atoms with van der Waals surface area (Å²) in [4.78, 5) is 4.33. The van der Waals surface area contributed by atoms with Crippen molar-refractivity contribution in [1.29, 1.82) is 0 Å². The first-order valence-corrected chi connectivity index (χ1v) is 24.1. The fourth-order valence-corrected chi connectivity index (χ4v) is 12.1. The Kier molecular flexibility index (Phi) is 13.6. The quantitative estimate of drug-likeness (QED) is 0.143. The topological polar surface area (TPSA) is 34.0 Å². The summed E-state index contributed by atoms with van der Waals surface area (Å²) in [6.07, 6.45) is 15.6. The lowest BCUT2D eigenvalue weighted by Crippen LogP contribution is -2.63. The van der Waals surface area contributed by atoms with Crippen LogP contribution >= 0.6 is 0 Å². The molecule has 0 amide bonds. The van der Waals surface area contributed by atoms with Gasteiger partial charge in [0.1, 0.15) is 24.8 Å². The molecule has 0 aliphatic carbocycles. The molecular weight excluding hydrogens is 782 g/mol. The third-order valence-electron chi connectivity index (χ3n) is 15.5. The van der Waals surface area contributed by atoms with Gasteiger partial charge in [0.15, 0.2) is 0 Å². The lowest BCUT2D eigenvalue weighted by atomic mass is 9.85. The summed E-state index contributed by atoms with van der Waals surface area (Å²) in [7, 11) is 6.43. The van der Waals surface area contributed by atoms with E-state index in [9.17, 15) is 0 Å². The van der Waals surface area contributed by atoms with Gasteiger partial charge in [-0.3, -0.25) is 0 Å². The summed E-state index contributed by atoms with van der Waals surface area (Å²) >= 11 is 0. The lowest BCUT2D eigenvalue weighted by Gasteiger charge is -2.35. The highest BCUT2D eigenvalue weighted by atomic mass is 15.2. The Hall–Kier alpha value is -5.63. The SMILES string of the molecule is CCc1c(C)c2n(c1C)[BH-]([n+]1ccc(N(C)C)cc1)n1c(C)c(CC)c(C)c1C2.CCc1c(C)c2n(c1C)[BH-]([n+]1ccc(N(C)C)cc1)n1c(C)c(CC)c(C)c1C2.c1ccccc1. The summed E-state index contributed by atoms with van der Waals surface area (Å²) in [6, 6.07) is 20.9. The molecule has 1 aromatic carbocycles. The van der Waals surface area contributed by atoms with Gasteiger partial charge in [0, 0.05) is 76.7 Å². The number of hydrogen-bond donors (Lipinski definition) is 0. The van der Waals surface area contributed by atoms with Crippen molar-refractivity contribution >= 4 is 25.6 Å². The van der Waals surface area contributed by atoms with Crippen LogP contribution in [0.3, 0.4) is 0 Å². The van der Waals surface area contributed by atoms with E-state index in [2.05, 4.69) is 197 Å². The maximum atomic E-state index is 2.67. The van der Waals surface area contributed by atoms with Gasteiger partial charge in [-0.05, 0) is 171 Å². The van der Waals surface area contributed by atoms with E-state index in [-0.39, 0.29) is 0 Å². The Morgan fingerprint density at radius 1 is 0.406 bits per heavy atom. The normalized spacial score (nSPS) is 13.0. The largest absolute Gasteiger partial charge is 0.472 e. The van der Waals surface area contributed by atoms with Crippen LogP contribution in [0.15, 0.2) is 85.5 Å². The first-order chi connectivity index (χ1) is 30.6. The Bertz CT molecular complexity index is 2420. The molecule has 0 radical (unpaired) electrons. The van der Waals surface area contributed by atoms with Crippen LogP contribution in [0, 0.1) is 55.4 Å². The molecular formula is C54H76B2N8. The van der Waals surface area contributed by atoms with Gasteiger partial charge in [-0.1, -0.05) is 64.1 Å². The van der Waals surface area contributed by atoms with Gasteiger partial charge in [0.25, 0.3) is 0 Å². The molecule has 8 nitrogen and oxygen atoms in total. The van der Waals surface area contributed by atoms with Gasteiger partial charge in [0.2, 0.25) is 0 Å². The molecule has 9 rings (SSSR count). The zero-order valence-electron chi connectivity index (χ0n) is 42.3. The van der Waals surface area contributed by atoms with Crippen LogP contribution in [-0.2, 0) is 38.5 Å². The van der Waals surface area contributed by atoms with E-state index in [1.54, 1.807) is 0 Å². The van der Waals surface area contributed by atoms with Gasteiger partial charge in [-0.2, -0.15) is 0 Å². The van der Waals surface area contributed by atoms with E-state index in [0.29, 0.717) is 0 Å². The fraction of sp³-hybridized carbons (Fsp3) is 0.407. The molecule has 2 aliphatic heterocycles. The van der Waals surface area contributed by atoms with Crippen molar-refractivity contribution in [3.8, 4) is 0 Å². The highest BCUT2D eigenvalue weighted by Crippen LogP contribution is 2.36. The smallest absolute Gasteiger partial charge is 0.444 e. The molecule has 64 heavy (non-hydrogen) atoms. The number of anilines is 2. The molecule has 10 heteroatoms. The maximum Gasteiger partial charge on any atom is 0.472 e. The van der Waals surface area contributed by atoms with Crippen molar-refractivity contribution in [1.82, 2.24) is 17.9 Å². The molecule has 8 heterocycles. The van der Waals surface area contributed by atoms with Crippen LogP contribution in [0.25, 0.3) is 0 Å². The zero-order chi connectivity index (χ0) is 46.3. The Balaban J connectivity index is 0.000000169. The van der Waals surface area contributed by atoms with Crippen LogP contribution in [0.1, 0.15) is 118 Å². The first-order valence-electron chi connectivity index (χ1n) is 24.1. The Morgan fingerprint density at radius 2 is 0.625 bits per heavy atom. The number of hydrogen-bond acceptors (Lipinski definition) is 2. The molecule has 7 aromatic rings. The number of pyridine rings is 2. The second-order valence-corrected chi connectivity index (χ2v) is 19.0. The summed E-state index contributed by atoms with van der Waals surface area (Å²) < 4.78 is 15.6. The van der Waals surface area contributed by atoms with Crippen molar-refractivity contribution in [3.63, 3.8) is 0 Å². The zero-order valence-corrected chi connectivity index (χ0v) is 42.3. The minimum absolute atomic E-state index is 0.987. The summed E-state index contributed by atoms with van der Waals surface area (Å²) in [6.45, 7) is 27.8. The molecule has 0 spiro atoms. The van der Waals surface area contributed by atoms with Crippen molar-refractivity contribution in [2.24, 2.45) is 0 Å². The number of nitrogens with zero attached hydrogens (tertiary/aromatic N) is 8. The minimum atomic E-state index is -0.987. The number of benzene rings is 1. The van der Waals surface area contributed by atoms with E-state index >= 15 is 0 Å². The highest BCUT2D eigenvalue weighted by Gasteiger charge is 2.36. The maximum absolute atomic E-state index is 2.67. The molecule has 0 bridgehead atoms. The van der Waals surface area contributed by atoms with Gasteiger partial charge >= 0.3 is 14.2 Å². The number of rotatable bonds is 8. The predicted octanol–water partition coefficient (Wildman–Crippen LogP) is 8.82. The van der Waals surface area contributed by atoms with Gasteiger partial charge < -0.3 is 36.7 Å². The fourth-order valence-electron chi connectivity index (χ4n) is 12.1. The molecule has 2 aliphatic rings. The van der Waals surface area contributed by atoms with Gasteiger partial charge in [0.05, 0.1) is 0 Å². The third kappa shape index (κ3) is 7.85. The van der Waals surface area contributed by atoms with Crippen LogP contribution in [0.2, 0.25) is 0 Å². The second-order valence-electron chi connectivity index (χ2n) is 19.0. The van der Waals surface area contributed by atoms with Crippen LogP contribution < -0.4 is 18.8 Å². The van der Waals surface area contributed by atoms with E-state index in [4.69, 9.17) is 0 Å². The van der Waals surface area contributed by atoms with Crippen LogP contribution in [0.4, 0.5) is 11.4 Å². The molecule has 6 aromatic heterocycles. The summed E-state index contributed by atoms with van der Waals surface area (Å²) in [5.41, 5.74) is 26.4. The average Bonchev–Trinajstić information content (AvgIpc) is 3.90. The van der Waals surface area contributed by atoms with E-state index in [0.717, 1.165) is 38.5 Å². The van der Waals surface area contributed by atoms with Gasteiger partial charge in [-0.15, -0.1) is 0 Å². The first kappa shape index (κ1) is 46.4. The third-order valence-corrected chi connectivity index (χ3v) is 15.5. The second kappa shape index (κ2) is 18.8. The molecule has 0 unspecified atom stereocenters. The molecule has 0 N–H and O–H groups in total. The van der Waals surface area contributed by atoms with Crippen molar-refractivity contribution in [2.45, 2.75) is 122 Å². The average molecular weight is 859 g/mol. The Morgan fingerprint density at radius 3 is 0.812 bits per heavy atom. The van der Waals surface area contributed by atoms with E-state index in [1.807, 2.05) is 36.4 Å². The van der Waals surface area contributed by atoms with E-state index < -0.39 is 14.2 Å².